The number of carbonyl (C=O) groups is 4. The van der Waals surface area contributed by atoms with Gasteiger partial charge in [-0.15, -0.1) is 11.6 Å². The molecule has 7 nitrogen and oxygen atoms in total. The normalized spacial score (nSPS) is 9.96. The molecule has 0 aliphatic rings. The minimum absolute atomic E-state index is 0.0322. The highest BCUT2D eigenvalue weighted by atomic mass is 35.5. The SMILES string of the molecule is NC(=O)CCNC(=O)c1ccccc1SC(=O)CNC(=O)CCl. The number of primary amides is 1. The molecule has 3 amide bonds. The number of hydrogen-bond donors (Lipinski definition) is 3. The molecule has 0 saturated carbocycles. The van der Waals surface area contributed by atoms with Gasteiger partial charge in [-0.25, -0.2) is 0 Å². The average molecular weight is 358 g/mol. The molecule has 4 N–H and O–H groups in total. The zero-order chi connectivity index (χ0) is 17.2. The van der Waals surface area contributed by atoms with Crippen LogP contribution in [0.5, 0.6) is 0 Å². The first-order valence-corrected chi connectivity index (χ1v) is 7.98. The Morgan fingerprint density at radius 2 is 1.83 bits per heavy atom. The van der Waals surface area contributed by atoms with E-state index in [9.17, 15) is 19.2 Å². The Hall–Kier alpha value is -2.06. The van der Waals surface area contributed by atoms with Crippen LogP contribution in [0, 0.1) is 0 Å². The van der Waals surface area contributed by atoms with Crippen LogP contribution in [0.1, 0.15) is 16.8 Å². The standard InChI is InChI=1S/C14H16ClN3O4S/c15-7-12(20)18-8-13(21)23-10-4-2-1-3-9(10)14(22)17-6-5-11(16)19/h1-4H,5-8H2,(H2,16,19)(H,17,22)(H,18,20). The fourth-order valence-electron chi connectivity index (χ4n) is 1.51. The van der Waals surface area contributed by atoms with E-state index in [1.165, 1.54) is 0 Å². The van der Waals surface area contributed by atoms with Crippen LogP contribution in [0.2, 0.25) is 0 Å². The molecular formula is C14H16ClN3O4S. The molecule has 9 heteroatoms. The van der Waals surface area contributed by atoms with Gasteiger partial charge in [-0.3, -0.25) is 19.2 Å². The first-order valence-electron chi connectivity index (χ1n) is 6.63. The predicted molar refractivity (Wildman–Crippen MR) is 87.2 cm³/mol. The van der Waals surface area contributed by atoms with E-state index < -0.39 is 17.7 Å². The highest BCUT2D eigenvalue weighted by Crippen LogP contribution is 2.23. The van der Waals surface area contributed by atoms with Gasteiger partial charge in [-0.2, -0.15) is 0 Å². The van der Waals surface area contributed by atoms with Gasteiger partial charge in [-0.05, 0) is 23.9 Å². The highest BCUT2D eigenvalue weighted by molar-refractivity contribution is 8.13. The van der Waals surface area contributed by atoms with Crippen molar-refractivity contribution in [2.24, 2.45) is 5.73 Å². The quantitative estimate of drug-likeness (QED) is 0.455. The van der Waals surface area contributed by atoms with Crippen molar-refractivity contribution in [3.8, 4) is 0 Å². The first kappa shape index (κ1) is 19.0. The summed E-state index contributed by atoms with van der Waals surface area (Å²) in [5.41, 5.74) is 5.30. The zero-order valence-corrected chi connectivity index (χ0v) is 13.7. The molecular weight excluding hydrogens is 342 g/mol. The summed E-state index contributed by atoms with van der Waals surface area (Å²) in [5.74, 6) is -1.60. The zero-order valence-electron chi connectivity index (χ0n) is 12.1. The van der Waals surface area contributed by atoms with Crippen LogP contribution in [-0.2, 0) is 14.4 Å². The molecule has 0 spiro atoms. The lowest BCUT2D eigenvalue weighted by atomic mass is 10.2. The van der Waals surface area contributed by atoms with Crippen molar-refractivity contribution in [3.63, 3.8) is 0 Å². The van der Waals surface area contributed by atoms with Crippen LogP contribution < -0.4 is 16.4 Å². The molecule has 0 bridgehead atoms. The second-order valence-corrected chi connectivity index (χ2v) is 5.72. The van der Waals surface area contributed by atoms with Gasteiger partial charge in [0.25, 0.3) is 5.91 Å². The van der Waals surface area contributed by atoms with Crippen molar-refractivity contribution in [2.45, 2.75) is 11.3 Å². The summed E-state index contributed by atoms with van der Waals surface area (Å²) in [6.45, 7) is -0.0687. The largest absolute Gasteiger partial charge is 0.370 e. The summed E-state index contributed by atoms with van der Waals surface area (Å²) in [4.78, 5) is 46.0. The average Bonchev–Trinajstić information content (AvgIpc) is 2.52. The van der Waals surface area contributed by atoms with E-state index in [1.807, 2.05) is 0 Å². The number of carbonyl (C=O) groups excluding carboxylic acids is 4. The summed E-state index contributed by atoms with van der Waals surface area (Å²) in [7, 11) is 0. The van der Waals surface area contributed by atoms with E-state index in [0.717, 1.165) is 11.8 Å². The Kier molecular flexibility index (Phi) is 8.14. The number of halogens is 1. The Balaban J connectivity index is 2.65. The Labute approximate surface area is 142 Å². The summed E-state index contributed by atoms with van der Waals surface area (Å²) in [5, 5.41) is 4.57. The van der Waals surface area contributed by atoms with Gasteiger partial charge < -0.3 is 16.4 Å². The van der Waals surface area contributed by atoms with Crippen LogP contribution in [0.4, 0.5) is 0 Å². The molecule has 0 saturated heterocycles. The van der Waals surface area contributed by atoms with E-state index >= 15 is 0 Å². The van der Waals surface area contributed by atoms with Gasteiger partial charge in [-0.1, -0.05) is 12.1 Å². The number of rotatable bonds is 8. The fraction of sp³-hybridized carbons (Fsp3) is 0.286. The molecule has 124 valence electrons. The number of nitrogens with two attached hydrogens (primary N) is 1. The maximum atomic E-state index is 12.1. The van der Waals surface area contributed by atoms with Crippen molar-refractivity contribution < 1.29 is 19.2 Å². The number of thioether (sulfide) groups is 1. The molecule has 1 rings (SSSR count). The molecule has 1 aromatic carbocycles. The number of benzene rings is 1. The molecule has 0 aromatic heterocycles. The lowest BCUT2D eigenvalue weighted by Crippen LogP contribution is -2.29. The number of nitrogens with one attached hydrogen (secondary N) is 2. The van der Waals surface area contributed by atoms with Crippen molar-refractivity contribution in [2.75, 3.05) is 19.0 Å². The summed E-state index contributed by atoms with van der Waals surface area (Å²) in [6, 6.07) is 6.53. The van der Waals surface area contributed by atoms with Gasteiger partial charge in [0.05, 0.1) is 12.1 Å². The number of hydrogen-bond acceptors (Lipinski definition) is 5. The Morgan fingerprint density at radius 3 is 2.48 bits per heavy atom. The maximum Gasteiger partial charge on any atom is 0.252 e. The molecule has 0 fully saturated rings. The van der Waals surface area contributed by atoms with Gasteiger partial charge in [0.15, 0.2) is 0 Å². The monoisotopic (exact) mass is 357 g/mol. The first-order chi connectivity index (χ1) is 10.9. The van der Waals surface area contributed by atoms with Crippen LogP contribution in [0.25, 0.3) is 0 Å². The smallest absolute Gasteiger partial charge is 0.252 e. The van der Waals surface area contributed by atoms with Crippen molar-refractivity contribution in [3.05, 3.63) is 29.8 Å². The third-order valence-electron chi connectivity index (χ3n) is 2.56. The highest BCUT2D eigenvalue weighted by Gasteiger charge is 2.14. The van der Waals surface area contributed by atoms with Crippen molar-refractivity contribution >= 4 is 46.2 Å². The van der Waals surface area contributed by atoms with E-state index in [1.54, 1.807) is 24.3 Å². The number of alkyl halides is 1. The minimum Gasteiger partial charge on any atom is -0.370 e. The van der Waals surface area contributed by atoms with Crippen molar-refractivity contribution in [1.29, 1.82) is 0 Å². The predicted octanol–water partition coefficient (Wildman–Crippen LogP) is 0.265. The molecule has 23 heavy (non-hydrogen) atoms. The third-order valence-corrected chi connectivity index (χ3v) is 3.75. The molecule has 0 unspecified atom stereocenters. The molecule has 0 aliphatic carbocycles. The molecule has 0 atom stereocenters. The molecule has 1 aromatic rings. The van der Waals surface area contributed by atoms with Crippen LogP contribution in [0.15, 0.2) is 29.2 Å². The van der Waals surface area contributed by atoms with E-state index in [4.69, 9.17) is 17.3 Å². The van der Waals surface area contributed by atoms with E-state index in [-0.39, 0.29) is 30.5 Å². The maximum absolute atomic E-state index is 12.1. The van der Waals surface area contributed by atoms with Crippen LogP contribution in [-0.4, -0.2) is 41.8 Å². The van der Waals surface area contributed by atoms with E-state index in [0.29, 0.717) is 10.5 Å². The Morgan fingerprint density at radius 1 is 1.13 bits per heavy atom. The van der Waals surface area contributed by atoms with Gasteiger partial charge >= 0.3 is 0 Å². The Bertz CT molecular complexity index is 609. The second-order valence-electron chi connectivity index (χ2n) is 4.35. The van der Waals surface area contributed by atoms with Crippen molar-refractivity contribution in [1.82, 2.24) is 10.6 Å². The summed E-state index contributed by atoms with van der Waals surface area (Å²) >= 11 is 6.16. The lowest BCUT2D eigenvalue weighted by Gasteiger charge is -2.09. The van der Waals surface area contributed by atoms with Gasteiger partial charge in [0.1, 0.15) is 5.88 Å². The van der Waals surface area contributed by atoms with Gasteiger partial charge in [0, 0.05) is 17.9 Å². The summed E-state index contributed by atoms with van der Waals surface area (Å²) in [6.07, 6.45) is 0.0322. The fourth-order valence-corrected chi connectivity index (χ4v) is 2.42. The lowest BCUT2D eigenvalue weighted by molar-refractivity contribution is -0.120. The molecule has 0 heterocycles. The molecule has 0 aliphatic heterocycles. The number of amides is 3. The van der Waals surface area contributed by atoms with Crippen LogP contribution in [0.3, 0.4) is 0 Å². The second kappa shape index (κ2) is 9.86. The van der Waals surface area contributed by atoms with Crippen LogP contribution >= 0.6 is 23.4 Å². The third kappa shape index (κ3) is 7.16. The van der Waals surface area contributed by atoms with E-state index in [2.05, 4.69) is 10.6 Å². The topological polar surface area (TPSA) is 118 Å². The minimum atomic E-state index is -0.516. The van der Waals surface area contributed by atoms with Gasteiger partial charge in [0.2, 0.25) is 16.9 Å². The molecule has 0 radical (unpaired) electrons. The summed E-state index contributed by atoms with van der Waals surface area (Å²) < 4.78 is 0.